The largest absolute Gasteiger partial charge is 0.504 e. The zero-order valence-corrected chi connectivity index (χ0v) is 20.8. The Morgan fingerprint density at radius 1 is 1.06 bits per heavy atom. The van der Waals surface area contributed by atoms with Crippen LogP contribution in [-0.2, 0) is 10.0 Å². The van der Waals surface area contributed by atoms with E-state index in [1.807, 2.05) is 30.3 Å². The predicted molar refractivity (Wildman–Crippen MR) is 132 cm³/mol. The maximum absolute atomic E-state index is 12.9. The molecule has 10 nitrogen and oxygen atoms in total. The Bertz CT molecular complexity index is 1390. The van der Waals surface area contributed by atoms with Crippen LogP contribution < -0.4 is 21.6 Å². The first-order valence-electron chi connectivity index (χ1n) is 11.0. The van der Waals surface area contributed by atoms with Gasteiger partial charge < -0.3 is 15.7 Å². The molecule has 0 bridgehead atoms. The minimum Gasteiger partial charge on any atom is -0.504 e. The minimum absolute atomic E-state index is 0.0397. The topological polar surface area (TPSA) is 132 Å². The molecule has 0 saturated heterocycles. The molecule has 0 unspecified atom stereocenters. The second-order valence-corrected chi connectivity index (χ2v) is 10.6. The summed E-state index contributed by atoms with van der Waals surface area (Å²) >= 11 is 0.955. The van der Waals surface area contributed by atoms with Gasteiger partial charge in [0, 0.05) is 18.5 Å². The van der Waals surface area contributed by atoms with Gasteiger partial charge in [0.1, 0.15) is 6.67 Å². The highest BCUT2D eigenvalue weighted by Crippen LogP contribution is 2.41. The molecular formula is C22H27N7O3S2. The van der Waals surface area contributed by atoms with E-state index < -0.39 is 10.0 Å². The lowest BCUT2D eigenvalue weighted by molar-refractivity contribution is 0.434. The third-order valence-electron chi connectivity index (χ3n) is 5.49. The zero-order chi connectivity index (χ0) is 24.3. The van der Waals surface area contributed by atoms with Crippen LogP contribution in [0, 0.1) is 0 Å². The molecule has 1 aliphatic heterocycles. The third-order valence-corrected chi connectivity index (χ3v) is 9.03. The quantitative estimate of drug-likeness (QED) is 0.389. The molecule has 0 spiro atoms. The Labute approximate surface area is 202 Å². The molecule has 4 rings (SSSR count). The first-order valence-corrected chi connectivity index (χ1v) is 13.4. The third kappa shape index (κ3) is 4.61. The summed E-state index contributed by atoms with van der Waals surface area (Å²) in [4.78, 5) is 17.7. The Hall–Kier alpha value is -3.09. The van der Waals surface area contributed by atoms with Crippen LogP contribution in [-0.4, -0.2) is 47.6 Å². The Kier molecular flexibility index (Phi) is 7.10. The SMILES string of the molecule is CC[C@@H](Nc1nc2c(nc1Nc1csc(S(=O)(=O)N(CC)CC)c1O)=NCN=2)c1ccccc1. The van der Waals surface area contributed by atoms with E-state index in [0.29, 0.717) is 35.7 Å². The van der Waals surface area contributed by atoms with Crippen LogP contribution in [0.15, 0.2) is 49.9 Å². The summed E-state index contributed by atoms with van der Waals surface area (Å²) in [5.41, 5.74) is 2.16. The summed E-state index contributed by atoms with van der Waals surface area (Å²) in [7, 11) is -3.81. The van der Waals surface area contributed by atoms with Crippen molar-refractivity contribution in [1.82, 2.24) is 14.3 Å². The average Bonchev–Trinajstić information content (AvgIpc) is 3.45. The molecule has 12 heteroatoms. The standard InChI is InChI=1S/C22H27N7O3S2/c1-4-15(14-10-8-7-9-11-14)25-20-21(28-19-18(27-20)23-13-24-19)26-16-12-33-22(17(16)30)34(31,32)29(5-2)6-3/h7-12,15,30H,4-6,13H2,1-3H3,(H,23,25,27)(H,24,26,28)/t15-/m1/s1. The van der Waals surface area contributed by atoms with Crippen molar-refractivity contribution in [3.8, 4) is 5.75 Å². The maximum atomic E-state index is 12.9. The van der Waals surface area contributed by atoms with E-state index in [9.17, 15) is 13.5 Å². The number of thiophene rings is 1. The van der Waals surface area contributed by atoms with E-state index in [0.717, 1.165) is 23.3 Å². The highest BCUT2D eigenvalue weighted by atomic mass is 32.2. The van der Waals surface area contributed by atoms with Gasteiger partial charge in [0.05, 0.1) is 11.7 Å². The number of benzene rings is 1. The molecule has 1 aromatic carbocycles. The van der Waals surface area contributed by atoms with Crippen LogP contribution in [0.5, 0.6) is 5.75 Å². The fraction of sp³-hybridized carbons (Fsp3) is 0.364. The molecule has 180 valence electrons. The van der Waals surface area contributed by atoms with Gasteiger partial charge in [-0.2, -0.15) is 4.31 Å². The smallest absolute Gasteiger partial charge is 0.256 e. The monoisotopic (exact) mass is 501 g/mol. The second kappa shape index (κ2) is 10.0. The normalized spacial score (nSPS) is 13.8. The lowest BCUT2D eigenvalue weighted by Gasteiger charge is -2.20. The molecule has 0 radical (unpaired) electrons. The van der Waals surface area contributed by atoms with E-state index in [1.54, 1.807) is 19.2 Å². The molecular weight excluding hydrogens is 474 g/mol. The maximum Gasteiger partial charge on any atom is 0.256 e. The minimum atomic E-state index is -3.81. The molecule has 34 heavy (non-hydrogen) atoms. The van der Waals surface area contributed by atoms with Crippen molar-refractivity contribution in [2.75, 3.05) is 30.4 Å². The highest BCUT2D eigenvalue weighted by Gasteiger charge is 2.29. The lowest BCUT2D eigenvalue weighted by Crippen LogP contribution is -2.31. The molecule has 3 N–H and O–H groups in total. The first kappa shape index (κ1) is 24.0. The molecule has 3 aromatic rings. The fourth-order valence-corrected chi connectivity index (χ4v) is 6.51. The summed E-state index contributed by atoms with van der Waals surface area (Å²) in [5, 5.41) is 18.8. The van der Waals surface area contributed by atoms with Crippen LogP contribution in [0.1, 0.15) is 38.8 Å². The number of aromatic nitrogens is 2. The number of fused-ring (bicyclic) bond motifs is 1. The molecule has 0 fully saturated rings. The van der Waals surface area contributed by atoms with Gasteiger partial charge in [-0.3, -0.25) is 0 Å². The van der Waals surface area contributed by atoms with Crippen molar-refractivity contribution < 1.29 is 13.5 Å². The lowest BCUT2D eigenvalue weighted by atomic mass is 10.0. The molecule has 1 aliphatic rings. The van der Waals surface area contributed by atoms with Gasteiger partial charge in [-0.15, -0.1) is 11.3 Å². The van der Waals surface area contributed by atoms with Gasteiger partial charge in [0.15, 0.2) is 32.6 Å². The number of nitrogens with one attached hydrogen (secondary N) is 2. The van der Waals surface area contributed by atoms with Crippen LogP contribution >= 0.6 is 11.3 Å². The van der Waals surface area contributed by atoms with Gasteiger partial charge in [-0.05, 0) is 12.0 Å². The Balaban J connectivity index is 1.71. The zero-order valence-electron chi connectivity index (χ0n) is 19.2. The van der Waals surface area contributed by atoms with Gasteiger partial charge in [0.2, 0.25) is 0 Å². The van der Waals surface area contributed by atoms with Crippen molar-refractivity contribution in [1.29, 1.82) is 0 Å². The van der Waals surface area contributed by atoms with Crippen LogP contribution in [0.4, 0.5) is 17.3 Å². The summed E-state index contributed by atoms with van der Waals surface area (Å²) < 4.78 is 27.0. The van der Waals surface area contributed by atoms with E-state index >= 15 is 0 Å². The number of nitrogens with zero attached hydrogens (tertiary/aromatic N) is 5. The summed E-state index contributed by atoms with van der Waals surface area (Å²) in [6.07, 6.45) is 0.791. The van der Waals surface area contributed by atoms with Crippen molar-refractivity contribution >= 4 is 38.7 Å². The van der Waals surface area contributed by atoms with Crippen LogP contribution in [0.2, 0.25) is 0 Å². The van der Waals surface area contributed by atoms with Gasteiger partial charge in [-0.1, -0.05) is 51.1 Å². The molecule has 0 amide bonds. The van der Waals surface area contributed by atoms with E-state index in [4.69, 9.17) is 0 Å². The molecule has 1 atom stereocenters. The van der Waals surface area contributed by atoms with E-state index in [-0.39, 0.29) is 28.4 Å². The van der Waals surface area contributed by atoms with Crippen molar-refractivity contribution in [3.05, 3.63) is 52.3 Å². The predicted octanol–water partition coefficient (Wildman–Crippen LogP) is 2.79. The Morgan fingerprint density at radius 3 is 2.32 bits per heavy atom. The number of hydrogen-bond acceptors (Lipinski definition) is 10. The van der Waals surface area contributed by atoms with Gasteiger partial charge in [-0.25, -0.2) is 28.4 Å². The summed E-state index contributed by atoms with van der Waals surface area (Å²) in [5.74, 6) is 0.421. The summed E-state index contributed by atoms with van der Waals surface area (Å²) in [6.45, 7) is 6.46. The molecule has 0 aliphatic carbocycles. The molecule has 2 aromatic heterocycles. The number of hydrogen-bond donors (Lipinski definition) is 3. The number of aromatic hydroxyl groups is 1. The Morgan fingerprint density at radius 2 is 1.71 bits per heavy atom. The number of anilines is 3. The van der Waals surface area contributed by atoms with Crippen molar-refractivity contribution in [3.63, 3.8) is 0 Å². The molecule has 0 saturated carbocycles. The van der Waals surface area contributed by atoms with E-state index in [2.05, 4.69) is 37.5 Å². The highest BCUT2D eigenvalue weighted by molar-refractivity contribution is 7.91. The van der Waals surface area contributed by atoms with Gasteiger partial charge >= 0.3 is 0 Å². The first-order chi connectivity index (χ1) is 16.4. The van der Waals surface area contributed by atoms with E-state index in [1.165, 1.54) is 4.31 Å². The van der Waals surface area contributed by atoms with Crippen molar-refractivity contribution in [2.24, 2.45) is 9.98 Å². The molecule has 3 heterocycles. The van der Waals surface area contributed by atoms with Crippen LogP contribution in [0.3, 0.4) is 0 Å². The fourth-order valence-electron chi connectivity index (χ4n) is 3.67. The van der Waals surface area contributed by atoms with Crippen LogP contribution in [0.25, 0.3) is 0 Å². The number of sulfonamides is 1. The summed E-state index contributed by atoms with van der Waals surface area (Å²) in [6, 6.07) is 9.93. The van der Waals surface area contributed by atoms with Crippen molar-refractivity contribution in [2.45, 2.75) is 37.4 Å². The average molecular weight is 502 g/mol. The van der Waals surface area contributed by atoms with Gasteiger partial charge in [0.25, 0.3) is 10.0 Å². The number of rotatable bonds is 10. The second-order valence-electron chi connectivity index (χ2n) is 7.54.